The molecular weight excluding hydrogens is 224 g/mol. The quantitative estimate of drug-likeness (QED) is 0.832. The molecule has 1 aliphatic carbocycles. The molecule has 2 unspecified atom stereocenters. The molecule has 2 heteroatoms. The van der Waals surface area contributed by atoms with Crippen LogP contribution in [-0.2, 0) is 0 Å². The molecule has 0 aliphatic heterocycles. The van der Waals surface area contributed by atoms with Gasteiger partial charge < -0.3 is 5.11 Å². The van der Waals surface area contributed by atoms with Gasteiger partial charge in [-0.15, -0.1) is 0 Å². The molecule has 2 nitrogen and oxygen atoms in total. The molecule has 0 amide bonds. The number of rotatable bonds is 5. The van der Waals surface area contributed by atoms with Crippen LogP contribution in [-0.4, -0.2) is 11.1 Å². The number of benzene rings is 1. The summed E-state index contributed by atoms with van der Waals surface area (Å²) >= 11 is 0. The van der Waals surface area contributed by atoms with Crippen molar-refractivity contribution in [3.05, 3.63) is 35.4 Å². The topological polar surface area (TPSA) is 37.3 Å². The van der Waals surface area contributed by atoms with Crippen molar-refractivity contribution in [2.45, 2.75) is 51.4 Å². The van der Waals surface area contributed by atoms with Gasteiger partial charge in [0.1, 0.15) is 0 Å². The highest BCUT2D eigenvalue weighted by molar-refractivity contribution is 5.87. The van der Waals surface area contributed by atoms with Crippen molar-refractivity contribution < 1.29 is 9.90 Å². The molecule has 98 valence electrons. The lowest BCUT2D eigenvalue weighted by Crippen LogP contribution is -1.99. The average Bonchev–Trinajstić information content (AvgIpc) is 2.85. The fraction of sp³-hybridized carbons (Fsp3) is 0.562. The zero-order valence-corrected chi connectivity index (χ0v) is 11.1. The minimum atomic E-state index is -0.839. The normalized spacial score (nSPS) is 23.2. The van der Waals surface area contributed by atoms with E-state index >= 15 is 0 Å². The summed E-state index contributed by atoms with van der Waals surface area (Å²) in [5, 5.41) is 8.88. The summed E-state index contributed by atoms with van der Waals surface area (Å²) in [5.41, 5.74) is 1.71. The number of carbonyl (C=O) groups is 1. The Morgan fingerprint density at radius 3 is 2.61 bits per heavy atom. The zero-order chi connectivity index (χ0) is 13.0. The fourth-order valence-corrected chi connectivity index (χ4v) is 3.03. The van der Waals surface area contributed by atoms with Crippen molar-refractivity contribution in [1.82, 2.24) is 0 Å². The van der Waals surface area contributed by atoms with Gasteiger partial charge in [0.2, 0.25) is 0 Å². The molecule has 1 N–H and O–H groups in total. The van der Waals surface area contributed by atoms with Gasteiger partial charge in [-0.05, 0) is 48.8 Å². The Labute approximate surface area is 109 Å². The van der Waals surface area contributed by atoms with E-state index < -0.39 is 5.97 Å². The Balaban J connectivity index is 1.94. The maximum Gasteiger partial charge on any atom is 0.335 e. The predicted molar refractivity (Wildman–Crippen MR) is 73.0 cm³/mol. The van der Waals surface area contributed by atoms with E-state index in [1.807, 2.05) is 12.1 Å². The Hall–Kier alpha value is -1.31. The third-order valence-corrected chi connectivity index (χ3v) is 4.14. The first kappa shape index (κ1) is 13.1. The summed E-state index contributed by atoms with van der Waals surface area (Å²) in [6.07, 6.45) is 7.88. The maximum atomic E-state index is 10.8. The maximum absolute atomic E-state index is 10.8. The minimum absolute atomic E-state index is 0.388. The summed E-state index contributed by atoms with van der Waals surface area (Å²) in [7, 11) is 0. The van der Waals surface area contributed by atoms with Gasteiger partial charge >= 0.3 is 5.97 Å². The van der Waals surface area contributed by atoms with Gasteiger partial charge in [-0.3, -0.25) is 0 Å². The SMILES string of the molecule is CCCCC1CCC(c2ccc(C(=O)O)cc2)C1. The van der Waals surface area contributed by atoms with Crippen LogP contribution >= 0.6 is 0 Å². The minimum Gasteiger partial charge on any atom is -0.478 e. The number of unbranched alkanes of at least 4 members (excludes halogenated alkanes) is 1. The monoisotopic (exact) mass is 246 g/mol. The van der Waals surface area contributed by atoms with Gasteiger partial charge in [0.05, 0.1) is 5.56 Å². The molecule has 2 atom stereocenters. The van der Waals surface area contributed by atoms with Gasteiger partial charge in [-0.1, -0.05) is 38.3 Å². The first-order valence-electron chi connectivity index (χ1n) is 7.04. The first-order valence-corrected chi connectivity index (χ1v) is 7.04. The number of hydrogen-bond acceptors (Lipinski definition) is 1. The van der Waals surface area contributed by atoms with Crippen LogP contribution in [0.3, 0.4) is 0 Å². The number of carboxylic acid groups (broad SMARTS) is 1. The van der Waals surface area contributed by atoms with E-state index in [4.69, 9.17) is 5.11 Å². The molecule has 1 aliphatic rings. The molecule has 1 aromatic rings. The second-order valence-corrected chi connectivity index (χ2v) is 5.45. The molecule has 2 rings (SSSR count). The fourth-order valence-electron chi connectivity index (χ4n) is 3.03. The Kier molecular flexibility index (Phi) is 4.40. The van der Waals surface area contributed by atoms with Gasteiger partial charge in [0.15, 0.2) is 0 Å². The van der Waals surface area contributed by atoms with Gasteiger partial charge in [-0.25, -0.2) is 4.79 Å². The lowest BCUT2D eigenvalue weighted by molar-refractivity contribution is 0.0697. The predicted octanol–water partition coefficient (Wildman–Crippen LogP) is 4.46. The van der Waals surface area contributed by atoms with Crippen molar-refractivity contribution in [3.8, 4) is 0 Å². The van der Waals surface area contributed by atoms with Crippen molar-refractivity contribution in [1.29, 1.82) is 0 Å². The third kappa shape index (κ3) is 3.12. The van der Waals surface area contributed by atoms with Crippen LogP contribution in [0.25, 0.3) is 0 Å². The van der Waals surface area contributed by atoms with Crippen LogP contribution in [0.4, 0.5) is 0 Å². The van der Waals surface area contributed by atoms with E-state index in [1.165, 1.54) is 44.1 Å². The van der Waals surface area contributed by atoms with E-state index in [1.54, 1.807) is 12.1 Å². The summed E-state index contributed by atoms with van der Waals surface area (Å²) in [4.78, 5) is 10.8. The van der Waals surface area contributed by atoms with Crippen LogP contribution < -0.4 is 0 Å². The third-order valence-electron chi connectivity index (χ3n) is 4.14. The highest BCUT2D eigenvalue weighted by atomic mass is 16.4. The van der Waals surface area contributed by atoms with Crippen molar-refractivity contribution >= 4 is 5.97 Å². The molecule has 1 saturated carbocycles. The Morgan fingerprint density at radius 2 is 2.00 bits per heavy atom. The summed E-state index contributed by atoms with van der Waals surface area (Å²) in [5.74, 6) is 0.692. The second kappa shape index (κ2) is 6.03. The molecule has 0 spiro atoms. The average molecular weight is 246 g/mol. The van der Waals surface area contributed by atoms with E-state index in [2.05, 4.69) is 6.92 Å². The van der Waals surface area contributed by atoms with Gasteiger partial charge in [0, 0.05) is 0 Å². The van der Waals surface area contributed by atoms with E-state index in [-0.39, 0.29) is 0 Å². The summed E-state index contributed by atoms with van der Waals surface area (Å²) in [6, 6.07) is 7.46. The van der Waals surface area contributed by atoms with Crippen molar-refractivity contribution in [2.24, 2.45) is 5.92 Å². The van der Waals surface area contributed by atoms with Gasteiger partial charge in [-0.2, -0.15) is 0 Å². The number of carboxylic acids is 1. The molecule has 0 heterocycles. The van der Waals surface area contributed by atoms with E-state index in [0.717, 1.165) is 5.92 Å². The number of aromatic carboxylic acids is 1. The Bertz CT molecular complexity index is 394. The van der Waals surface area contributed by atoms with Crippen molar-refractivity contribution in [3.63, 3.8) is 0 Å². The first-order chi connectivity index (χ1) is 8.70. The van der Waals surface area contributed by atoms with Crippen LogP contribution in [0, 0.1) is 5.92 Å². The van der Waals surface area contributed by atoms with Crippen LogP contribution in [0.15, 0.2) is 24.3 Å². The molecule has 0 bridgehead atoms. The zero-order valence-electron chi connectivity index (χ0n) is 11.1. The molecule has 0 saturated heterocycles. The van der Waals surface area contributed by atoms with Crippen LogP contribution in [0.5, 0.6) is 0 Å². The molecule has 1 fully saturated rings. The van der Waals surface area contributed by atoms with Crippen LogP contribution in [0.2, 0.25) is 0 Å². The van der Waals surface area contributed by atoms with Gasteiger partial charge in [0.25, 0.3) is 0 Å². The number of hydrogen-bond donors (Lipinski definition) is 1. The van der Waals surface area contributed by atoms with Crippen LogP contribution in [0.1, 0.15) is 67.3 Å². The Morgan fingerprint density at radius 1 is 1.28 bits per heavy atom. The van der Waals surface area contributed by atoms with E-state index in [9.17, 15) is 4.79 Å². The smallest absolute Gasteiger partial charge is 0.335 e. The lowest BCUT2D eigenvalue weighted by atomic mass is 9.94. The molecular formula is C16H22O2. The highest BCUT2D eigenvalue weighted by Gasteiger charge is 2.25. The highest BCUT2D eigenvalue weighted by Crippen LogP contribution is 2.40. The molecule has 18 heavy (non-hydrogen) atoms. The second-order valence-electron chi connectivity index (χ2n) is 5.45. The largest absolute Gasteiger partial charge is 0.478 e. The lowest BCUT2D eigenvalue weighted by Gasteiger charge is -2.11. The molecule has 0 aromatic heterocycles. The van der Waals surface area contributed by atoms with Crippen molar-refractivity contribution in [2.75, 3.05) is 0 Å². The summed E-state index contributed by atoms with van der Waals surface area (Å²) in [6.45, 7) is 2.25. The van der Waals surface area contributed by atoms with E-state index in [0.29, 0.717) is 11.5 Å². The molecule has 1 aromatic carbocycles. The standard InChI is InChI=1S/C16H22O2/c1-2-3-4-12-5-6-15(11-12)13-7-9-14(10-8-13)16(17)18/h7-10,12,15H,2-6,11H2,1H3,(H,17,18). The summed E-state index contributed by atoms with van der Waals surface area (Å²) < 4.78 is 0. The molecule has 0 radical (unpaired) electrons.